The zero-order chi connectivity index (χ0) is 42.6. The van der Waals surface area contributed by atoms with Gasteiger partial charge in [-0.25, -0.2) is 0 Å². The normalized spacial score (nSPS) is 12.8. The third kappa shape index (κ3) is 6.45. The molecule has 0 saturated carbocycles. The van der Waals surface area contributed by atoms with Gasteiger partial charge in [0.05, 0.1) is 67.3 Å². The van der Waals surface area contributed by atoms with E-state index in [1.165, 1.54) is 27.3 Å². The molecule has 0 bridgehead atoms. The summed E-state index contributed by atoms with van der Waals surface area (Å²) in [7, 11) is 0. The van der Waals surface area contributed by atoms with Crippen molar-refractivity contribution in [1.29, 1.82) is 10.5 Å². The van der Waals surface area contributed by atoms with Crippen LogP contribution in [0.1, 0.15) is 38.9 Å². The van der Waals surface area contributed by atoms with Gasteiger partial charge in [0.15, 0.2) is 0 Å². The zero-order valence-electron chi connectivity index (χ0n) is 29.6. The first-order valence-corrected chi connectivity index (χ1v) is 17.2. The fraction of sp³-hybridized carbons (Fsp3) is 0.116. The van der Waals surface area contributed by atoms with Crippen LogP contribution < -0.4 is 0 Å². The average molecular weight is 821 g/mol. The number of benzene rings is 6. The van der Waals surface area contributed by atoms with Crippen molar-refractivity contribution in [3.8, 4) is 34.6 Å². The zero-order valence-corrected chi connectivity index (χ0v) is 29.6. The van der Waals surface area contributed by atoms with Crippen LogP contribution in [0, 0.1) is 29.6 Å². The van der Waals surface area contributed by atoms with E-state index >= 15 is 0 Å². The molecule has 6 aromatic carbocycles. The van der Waals surface area contributed by atoms with Crippen LogP contribution in [0.3, 0.4) is 0 Å². The maximum absolute atomic E-state index is 14.1. The lowest BCUT2D eigenvalue weighted by Crippen LogP contribution is -2.08. The lowest BCUT2D eigenvalue weighted by Gasteiger charge is -2.20. The lowest BCUT2D eigenvalue weighted by atomic mass is 9.95. The second kappa shape index (κ2) is 13.0. The predicted octanol–water partition coefficient (Wildman–Crippen LogP) is 13.7. The van der Waals surface area contributed by atoms with Gasteiger partial charge in [0.1, 0.15) is 11.6 Å². The molecule has 0 radical (unpaired) electrons. The van der Waals surface area contributed by atoms with Crippen molar-refractivity contribution < 1.29 is 52.7 Å². The van der Waals surface area contributed by atoms with E-state index < -0.39 is 47.0 Å². The summed E-state index contributed by atoms with van der Waals surface area (Å²) < 4.78 is 171. The van der Waals surface area contributed by atoms with Gasteiger partial charge in [0.2, 0.25) is 0 Å². The standard InChI is InChI=1S/C43H20F12N4/c1-21-12-22(19-56)14-23(13-21)28-6-11-38(58-34-7-2-24(40(44,45)46)15-29(34)30-16-25(41(47,48)49)3-8-35(30)58)33(20-57)39(28)59-36-9-4-26(42(50,51)52)17-31(36)32-18-27(43(53,54)55)5-10-37(32)59/h2-18H,1H3. The second-order valence-corrected chi connectivity index (χ2v) is 13.8. The van der Waals surface area contributed by atoms with Crippen LogP contribution in [0.15, 0.2) is 103 Å². The summed E-state index contributed by atoms with van der Waals surface area (Å²) in [5.41, 5.74) is -4.38. The summed E-state index contributed by atoms with van der Waals surface area (Å²) in [5, 5.41) is 19.8. The number of nitriles is 2. The van der Waals surface area contributed by atoms with Gasteiger partial charge in [-0.15, -0.1) is 0 Å². The molecule has 59 heavy (non-hydrogen) atoms. The molecular formula is C43H20F12N4. The molecule has 0 aliphatic carbocycles. The monoisotopic (exact) mass is 820 g/mol. The summed E-state index contributed by atoms with van der Waals surface area (Å²) in [4.78, 5) is 0. The van der Waals surface area contributed by atoms with E-state index in [4.69, 9.17) is 0 Å². The molecule has 0 atom stereocenters. The molecule has 2 aromatic heterocycles. The Morgan fingerprint density at radius 2 is 0.831 bits per heavy atom. The van der Waals surface area contributed by atoms with Crippen LogP contribution in [0.25, 0.3) is 66.1 Å². The molecule has 8 aromatic rings. The Hall–Kier alpha value is -6.94. The topological polar surface area (TPSA) is 57.4 Å². The highest BCUT2D eigenvalue weighted by molar-refractivity contribution is 6.12. The van der Waals surface area contributed by atoms with Crippen molar-refractivity contribution in [1.82, 2.24) is 9.13 Å². The Morgan fingerprint density at radius 3 is 1.19 bits per heavy atom. The van der Waals surface area contributed by atoms with Gasteiger partial charge in [0, 0.05) is 27.1 Å². The Bertz CT molecular complexity index is 3000. The number of hydrogen-bond donors (Lipinski definition) is 0. The molecule has 2 heterocycles. The Kier molecular flexibility index (Phi) is 8.60. The molecule has 0 unspecified atom stereocenters. The van der Waals surface area contributed by atoms with E-state index in [0.29, 0.717) is 59.7 Å². The number of aryl methyl sites for hydroxylation is 1. The summed E-state index contributed by atoms with van der Waals surface area (Å²) in [5.74, 6) is 0. The molecule has 0 amide bonds. The first-order chi connectivity index (χ1) is 27.6. The number of nitrogens with zero attached hydrogens (tertiary/aromatic N) is 4. The molecule has 0 aliphatic rings. The van der Waals surface area contributed by atoms with Gasteiger partial charge in [-0.3, -0.25) is 0 Å². The number of fused-ring (bicyclic) bond motifs is 6. The SMILES string of the molecule is Cc1cc(C#N)cc(-c2ccc(-n3c4ccc(C(F)(F)F)cc4c4cc(C(F)(F)F)ccc43)c(C#N)c2-n2c3ccc(C(F)(F)F)cc3c3cc(C(F)(F)F)ccc32)c1. The average Bonchev–Trinajstić information content (AvgIpc) is 3.66. The molecule has 0 spiro atoms. The largest absolute Gasteiger partial charge is 0.416 e. The van der Waals surface area contributed by atoms with Crippen molar-refractivity contribution >= 4 is 43.6 Å². The third-order valence-electron chi connectivity index (χ3n) is 10.1. The van der Waals surface area contributed by atoms with Gasteiger partial charge >= 0.3 is 24.7 Å². The van der Waals surface area contributed by atoms with Gasteiger partial charge in [-0.1, -0.05) is 12.1 Å². The second-order valence-electron chi connectivity index (χ2n) is 13.8. The van der Waals surface area contributed by atoms with Crippen LogP contribution in [0.2, 0.25) is 0 Å². The highest BCUT2D eigenvalue weighted by atomic mass is 19.4. The minimum absolute atomic E-state index is 0.0586. The van der Waals surface area contributed by atoms with Crippen molar-refractivity contribution in [3.63, 3.8) is 0 Å². The molecule has 0 saturated heterocycles. The molecule has 0 fully saturated rings. The van der Waals surface area contributed by atoms with E-state index in [-0.39, 0.29) is 71.7 Å². The Morgan fingerprint density at radius 1 is 0.441 bits per heavy atom. The predicted molar refractivity (Wildman–Crippen MR) is 195 cm³/mol. The summed E-state index contributed by atoms with van der Waals surface area (Å²) in [6.07, 6.45) is -19.6. The van der Waals surface area contributed by atoms with Crippen LogP contribution in [0.4, 0.5) is 52.7 Å². The summed E-state index contributed by atoms with van der Waals surface area (Å²) in [6.45, 7) is 1.66. The van der Waals surface area contributed by atoms with Crippen LogP contribution in [-0.2, 0) is 24.7 Å². The highest BCUT2D eigenvalue weighted by Gasteiger charge is 2.36. The molecule has 4 nitrogen and oxygen atoms in total. The minimum Gasteiger partial charge on any atom is -0.308 e. The van der Waals surface area contributed by atoms with Crippen molar-refractivity contribution in [3.05, 3.63) is 142 Å². The first-order valence-electron chi connectivity index (χ1n) is 17.2. The molecule has 0 aliphatic heterocycles. The number of alkyl halides is 12. The first kappa shape index (κ1) is 38.9. The third-order valence-corrected chi connectivity index (χ3v) is 10.1. The van der Waals surface area contributed by atoms with Gasteiger partial charge in [-0.2, -0.15) is 63.2 Å². The maximum Gasteiger partial charge on any atom is 0.416 e. The van der Waals surface area contributed by atoms with E-state index in [0.717, 1.165) is 24.3 Å². The van der Waals surface area contributed by atoms with E-state index in [1.807, 2.05) is 6.07 Å². The van der Waals surface area contributed by atoms with Gasteiger partial charge in [-0.05, 0) is 109 Å². The van der Waals surface area contributed by atoms with E-state index in [9.17, 15) is 63.2 Å². The quantitative estimate of drug-likeness (QED) is 0.167. The molecule has 16 heteroatoms. The summed E-state index contributed by atoms with van der Waals surface area (Å²) in [6, 6.07) is 21.2. The number of rotatable bonds is 3. The van der Waals surface area contributed by atoms with E-state index in [1.54, 1.807) is 19.1 Å². The molecular weight excluding hydrogens is 800 g/mol. The fourth-order valence-corrected chi connectivity index (χ4v) is 7.60. The Labute approximate surface area is 323 Å². The number of aromatic nitrogens is 2. The smallest absolute Gasteiger partial charge is 0.308 e. The van der Waals surface area contributed by atoms with Gasteiger partial charge < -0.3 is 9.13 Å². The van der Waals surface area contributed by atoms with Crippen LogP contribution in [-0.4, -0.2) is 9.13 Å². The summed E-state index contributed by atoms with van der Waals surface area (Å²) >= 11 is 0. The minimum atomic E-state index is -4.92. The van der Waals surface area contributed by atoms with E-state index in [2.05, 4.69) is 6.07 Å². The Balaban J connectivity index is 1.57. The highest BCUT2D eigenvalue weighted by Crippen LogP contribution is 2.46. The van der Waals surface area contributed by atoms with Crippen molar-refractivity contribution in [2.45, 2.75) is 31.6 Å². The fourth-order valence-electron chi connectivity index (χ4n) is 7.60. The molecule has 0 N–H and O–H groups in total. The van der Waals surface area contributed by atoms with Crippen molar-refractivity contribution in [2.24, 2.45) is 0 Å². The van der Waals surface area contributed by atoms with Crippen LogP contribution in [0.5, 0.6) is 0 Å². The molecule has 8 rings (SSSR count). The van der Waals surface area contributed by atoms with Gasteiger partial charge in [0.25, 0.3) is 0 Å². The maximum atomic E-state index is 14.1. The molecule has 296 valence electrons. The number of halogens is 12. The number of hydrogen-bond acceptors (Lipinski definition) is 2. The lowest BCUT2D eigenvalue weighted by molar-refractivity contribution is -0.138. The van der Waals surface area contributed by atoms with Crippen molar-refractivity contribution in [2.75, 3.05) is 0 Å². The van der Waals surface area contributed by atoms with Crippen LogP contribution >= 0.6 is 0 Å².